The van der Waals surface area contributed by atoms with E-state index in [1.54, 1.807) is 44.2 Å². The van der Waals surface area contributed by atoms with Crippen LogP contribution in [0.15, 0.2) is 30.3 Å². The van der Waals surface area contributed by atoms with Crippen LogP contribution >= 0.6 is 0 Å². The van der Waals surface area contributed by atoms with Gasteiger partial charge >= 0.3 is 0 Å². The van der Waals surface area contributed by atoms with Crippen molar-refractivity contribution in [2.75, 3.05) is 32.7 Å². The van der Waals surface area contributed by atoms with Crippen LogP contribution in [0.1, 0.15) is 104 Å². The normalized spacial score (nSPS) is 25.0. The van der Waals surface area contributed by atoms with Gasteiger partial charge in [-0.25, -0.2) is 0 Å². The highest BCUT2D eigenvalue weighted by Crippen LogP contribution is 2.26. The van der Waals surface area contributed by atoms with Gasteiger partial charge in [0.05, 0.1) is 18.2 Å². The molecule has 1 saturated heterocycles. The van der Waals surface area contributed by atoms with Crippen molar-refractivity contribution in [3.05, 3.63) is 35.9 Å². The fourth-order valence-electron chi connectivity index (χ4n) is 9.14. The summed E-state index contributed by atoms with van der Waals surface area (Å²) >= 11 is 0. The molecule has 2 fully saturated rings. The lowest BCUT2D eigenvalue weighted by atomic mass is 9.84. The van der Waals surface area contributed by atoms with Crippen molar-refractivity contribution < 1.29 is 58.2 Å². The van der Waals surface area contributed by atoms with E-state index in [1.807, 2.05) is 0 Å². The van der Waals surface area contributed by atoms with Crippen LogP contribution in [0, 0.1) is 11.8 Å². The van der Waals surface area contributed by atoms with Crippen LogP contribution in [0.4, 0.5) is 0 Å². The summed E-state index contributed by atoms with van der Waals surface area (Å²) in [6.07, 6.45) is 0.0274. The van der Waals surface area contributed by atoms with Gasteiger partial charge in [-0.1, -0.05) is 63.4 Å². The lowest BCUT2D eigenvalue weighted by molar-refractivity contribution is -0.136. The van der Waals surface area contributed by atoms with Crippen molar-refractivity contribution in [3.8, 4) is 0 Å². The fraction of sp³-hybridized carbons (Fsp3) is 0.686. The zero-order valence-electron chi connectivity index (χ0n) is 45.4. The van der Waals surface area contributed by atoms with Crippen LogP contribution in [0.5, 0.6) is 0 Å². The molecule has 1 aliphatic heterocycles. The van der Waals surface area contributed by atoms with Gasteiger partial charge in [-0.3, -0.25) is 47.9 Å². The Kier molecular flexibility index (Phi) is 28.6. The predicted molar refractivity (Wildman–Crippen MR) is 287 cm³/mol. The molecule has 27 heteroatoms. The molecule has 22 N–H and O–H groups in total. The molecule has 3 rings (SSSR count). The van der Waals surface area contributed by atoms with E-state index in [0.717, 1.165) is 19.3 Å². The lowest BCUT2D eigenvalue weighted by Gasteiger charge is -2.30. The van der Waals surface area contributed by atoms with Crippen LogP contribution in [0.25, 0.3) is 0 Å². The Labute approximate surface area is 455 Å². The Morgan fingerprint density at radius 3 is 1.60 bits per heavy atom. The molecule has 1 saturated carbocycles. The number of carbonyl (C=O) groups is 10. The molecule has 0 bridgehead atoms. The monoisotopic (exact) mass is 1100 g/mol. The zero-order chi connectivity index (χ0) is 58.1. The summed E-state index contributed by atoms with van der Waals surface area (Å²) in [4.78, 5) is 140. The van der Waals surface area contributed by atoms with Gasteiger partial charge in [0.25, 0.3) is 0 Å². The number of aliphatic hydroxyl groups excluding tert-OH is 2. The molecule has 1 aromatic carbocycles. The van der Waals surface area contributed by atoms with Crippen LogP contribution in [0.2, 0.25) is 0 Å². The Balaban J connectivity index is 2.09. The minimum Gasteiger partial charge on any atom is -0.391 e. The smallest absolute Gasteiger partial charge is 0.245 e. The van der Waals surface area contributed by atoms with Crippen molar-refractivity contribution in [2.24, 2.45) is 40.5 Å². The summed E-state index contributed by atoms with van der Waals surface area (Å²) in [7, 11) is 0. The first-order chi connectivity index (χ1) is 37.0. The summed E-state index contributed by atoms with van der Waals surface area (Å²) in [6, 6.07) is -5.60. The Bertz CT molecular complexity index is 2150. The maximum Gasteiger partial charge on any atom is 0.245 e. The van der Waals surface area contributed by atoms with Crippen molar-refractivity contribution in [2.45, 2.75) is 177 Å². The van der Waals surface area contributed by atoms with Crippen molar-refractivity contribution in [3.63, 3.8) is 0 Å². The van der Waals surface area contributed by atoms with E-state index in [4.69, 9.17) is 28.7 Å². The summed E-state index contributed by atoms with van der Waals surface area (Å²) in [5, 5.41) is 47.0. The van der Waals surface area contributed by atoms with Crippen molar-refractivity contribution >= 4 is 59.1 Å². The molecule has 2 aliphatic rings. The number of amides is 10. The standard InChI is InChI=1S/C51H87N15O12/c1-27(2)25-37-47(74)60-32(15-20-52)42(69)59-35(18-23-55)46(73)65-40(28(3)67)50(77)57-24-19-36(45(72)58-33(16-21-53)44(71)64-38(48(75)63-37)26-30-11-7-5-8-12-30)61-43(70)34(17-22-54)62-51(78)41(29(4)68)66-49(76)39(56)31-13-9-6-10-14-31/h5,7-8,11-12,27-29,31-41,67-68H,6,9-10,13-26,52-56H2,1-4H3,(H,57,77)(H,58,72)(H,59,69)(H,60,74)(H,61,70)(H,62,78)(H,63,75)(H,64,71)(H,65,73)(H,66,76)/t28?,29?,32-,33-,34-,35-,36-,37-,38+,39?,40?,41-/m0/s1. The summed E-state index contributed by atoms with van der Waals surface area (Å²) in [5.41, 5.74) is 30.4. The number of carbonyl (C=O) groups excluding carboxylic acids is 10. The predicted octanol–water partition coefficient (Wildman–Crippen LogP) is -5.78. The molecule has 1 aliphatic carbocycles. The Morgan fingerprint density at radius 1 is 0.590 bits per heavy atom. The van der Waals surface area contributed by atoms with E-state index in [0.29, 0.717) is 18.4 Å². The average molecular weight is 1100 g/mol. The third-order valence-corrected chi connectivity index (χ3v) is 13.6. The summed E-state index contributed by atoms with van der Waals surface area (Å²) in [5.74, 6) is -9.22. The van der Waals surface area contributed by atoms with E-state index < -0.39 is 145 Å². The first-order valence-electron chi connectivity index (χ1n) is 27.0. The topological polar surface area (TPSA) is 462 Å². The molecule has 27 nitrogen and oxygen atoms in total. The largest absolute Gasteiger partial charge is 0.391 e. The van der Waals surface area contributed by atoms with Crippen LogP contribution in [0.3, 0.4) is 0 Å². The van der Waals surface area contributed by atoms with E-state index in [2.05, 4.69) is 53.2 Å². The number of hydrogen-bond acceptors (Lipinski definition) is 17. The Hall–Kier alpha value is -6.36. The fourth-order valence-corrected chi connectivity index (χ4v) is 9.14. The van der Waals surface area contributed by atoms with E-state index >= 15 is 0 Å². The van der Waals surface area contributed by atoms with Gasteiger partial charge in [-0.05, 0) is 109 Å². The number of rotatable bonds is 21. The van der Waals surface area contributed by atoms with Gasteiger partial charge in [-0.2, -0.15) is 0 Å². The molecule has 1 aromatic rings. The highest BCUT2D eigenvalue weighted by molar-refractivity contribution is 5.99. The lowest BCUT2D eigenvalue weighted by Crippen LogP contribution is -2.62. The third kappa shape index (κ3) is 21.5. The second kappa shape index (κ2) is 33.8. The van der Waals surface area contributed by atoms with E-state index in [9.17, 15) is 58.2 Å². The molecule has 1 heterocycles. The van der Waals surface area contributed by atoms with Gasteiger partial charge in [0.2, 0.25) is 59.1 Å². The third-order valence-electron chi connectivity index (χ3n) is 13.6. The van der Waals surface area contributed by atoms with Crippen LogP contribution in [-0.2, 0) is 54.4 Å². The minimum absolute atomic E-state index is 0.0586. The first kappa shape index (κ1) is 65.9. The molecular formula is C51H87N15O12. The van der Waals surface area contributed by atoms with Gasteiger partial charge in [-0.15, -0.1) is 0 Å². The molecule has 438 valence electrons. The van der Waals surface area contributed by atoms with Gasteiger partial charge < -0.3 is 92.0 Å². The van der Waals surface area contributed by atoms with Gasteiger partial charge in [0.1, 0.15) is 54.4 Å². The maximum absolute atomic E-state index is 14.5. The summed E-state index contributed by atoms with van der Waals surface area (Å²) < 4.78 is 0. The number of benzene rings is 1. The SMILES string of the molecule is CC(C)C[C@@H]1NC(=O)[C@@H](Cc2ccccc2)NC(=O)[C@H](CCN)NC(=O)[C@@H](NC(=O)[C@H](CCN)NC(=O)[C@@H](NC(=O)C(N)C2CCCCC2)C(C)O)CCNC(=O)C(C(C)O)NC(=O)[C@H](CCN)NC(=O)[C@H](CCN)NC1=O. The first-order valence-corrected chi connectivity index (χ1v) is 27.0. The molecule has 0 radical (unpaired) electrons. The highest BCUT2D eigenvalue weighted by Gasteiger charge is 2.38. The minimum atomic E-state index is -1.66. The van der Waals surface area contributed by atoms with Crippen LogP contribution < -0.4 is 81.8 Å². The van der Waals surface area contributed by atoms with E-state index in [-0.39, 0.29) is 76.5 Å². The molecule has 4 unspecified atom stereocenters. The Morgan fingerprint density at radius 2 is 1.09 bits per heavy atom. The van der Waals surface area contributed by atoms with Crippen molar-refractivity contribution in [1.29, 1.82) is 0 Å². The van der Waals surface area contributed by atoms with Gasteiger partial charge in [0.15, 0.2) is 0 Å². The van der Waals surface area contributed by atoms with Gasteiger partial charge in [0, 0.05) is 13.0 Å². The number of nitrogens with two attached hydrogens (primary N) is 5. The second-order valence-electron chi connectivity index (χ2n) is 20.5. The number of aliphatic hydroxyl groups is 2. The van der Waals surface area contributed by atoms with Crippen LogP contribution in [-0.4, -0.2) is 175 Å². The molecule has 10 amide bonds. The molecule has 0 spiro atoms. The second-order valence-corrected chi connectivity index (χ2v) is 20.5. The average Bonchev–Trinajstić information content (AvgIpc) is 3.39. The molecule has 78 heavy (non-hydrogen) atoms. The number of hydrogen-bond donors (Lipinski definition) is 17. The highest BCUT2D eigenvalue weighted by atomic mass is 16.3. The maximum atomic E-state index is 14.5. The molecule has 12 atom stereocenters. The quantitative estimate of drug-likeness (QED) is 0.0545. The van der Waals surface area contributed by atoms with Crippen molar-refractivity contribution in [1.82, 2.24) is 53.2 Å². The zero-order valence-corrected chi connectivity index (χ0v) is 45.4. The van der Waals surface area contributed by atoms with E-state index in [1.165, 1.54) is 13.8 Å². The number of nitrogens with one attached hydrogen (secondary N) is 10. The molecular weight excluding hydrogens is 1010 g/mol. The summed E-state index contributed by atoms with van der Waals surface area (Å²) in [6.45, 7) is 5.03. The molecule has 0 aromatic heterocycles.